The van der Waals surface area contributed by atoms with Gasteiger partial charge in [0.05, 0.1) is 12.1 Å². The average molecular weight is 353 g/mol. The Kier molecular flexibility index (Phi) is 5.27. The third-order valence-corrected chi connectivity index (χ3v) is 4.31. The molecule has 1 heterocycles. The molecule has 1 aromatic rings. The largest absolute Gasteiger partial charge is 0.383 e. The Morgan fingerprint density at radius 3 is 2.68 bits per heavy atom. The molecule has 0 radical (unpaired) electrons. The van der Waals surface area contributed by atoms with Gasteiger partial charge in [-0.05, 0) is 35.8 Å². The number of aromatic nitrogens is 1. The smallest absolute Gasteiger partial charge is 0.244 e. The summed E-state index contributed by atoms with van der Waals surface area (Å²) in [4.78, 5) is 3.87. The molecule has 1 rings (SSSR count). The second-order valence-electron chi connectivity index (χ2n) is 4.57. The first-order chi connectivity index (χ1) is 8.72. The summed E-state index contributed by atoms with van der Waals surface area (Å²) in [5.74, 6) is 5.35. The molecule has 9 heteroatoms. The van der Waals surface area contributed by atoms with Crippen molar-refractivity contribution >= 4 is 31.8 Å². The lowest BCUT2D eigenvalue weighted by Gasteiger charge is -2.25. The first-order valence-corrected chi connectivity index (χ1v) is 7.64. The molecule has 0 spiro atoms. The van der Waals surface area contributed by atoms with Gasteiger partial charge in [-0.2, -0.15) is 0 Å². The van der Waals surface area contributed by atoms with Crippen molar-refractivity contribution in [2.75, 3.05) is 19.1 Å². The minimum absolute atomic E-state index is 0.0337. The topological polar surface area (TPSA) is 106 Å². The van der Waals surface area contributed by atoms with E-state index in [0.717, 1.165) is 0 Å². The van der Waals surface area contributed by atoms with Crippen LogP contribution in [-0.2, 0) is 14.8 Å². The van der Waals surface area contributed by atoms with E-state index in [0.29, 0.717) is 4.47 Å². The highest BCUT2D eigenvalue weighted by Gasteiger charge is 2.28. The number of nitrogens with zero attached hydrogens (tertiary/aromatic N) is 1. The summed E-state index contributed by atoms with van der Waals surface area (Å²) in [6.07, 6.45) is 1.45. The Balaban J connectivity index is 3.17. The Labute approximate surface area is 121 Å². The molecule has 0 aliphatic carbocycles. The van der Waals surface area contributed by atoms with Crippen molar-refractivity contribution in [3.05, 3.63) is 16.7 Å². The number of sulfonamides is 1. The average Bonchev–Trinajstić information content (AvgIpc) is 2.27. The fourth-order valence-corrected chi connectivity index (χ4v) is 3.57. The molecule has 0 aromatic carbocycles. The Morgan fingerprint density at radius 2 is 2.16 bits per heavy atom. The van der Waals surface area contributed by atoms with Crippen LogP contribution in [0.1, 0.15) is 13.8 Å². The van der Waals surface area contributed by atoms with Crippen LogP contribution < -0.4 is 16.0 Å². The molecule has 108 valence electrons. The number of anilines is 1. The number of pyridine rings is 1. The zero-order valence-corrected chi connectivity index (χ0v) is 13.3. The van der Waals surface area contributed by atoms with Crippen molar-refractivity contribution in [1.29, 1.82) is 0 Å². The van der Waals surface area contributed by atoms with Gasteiger partial charge in [0.1, 0.15) is 4.90 Å². The number of halogens is 1. The number of hydrogen-bond acceptors (Lipinski definition) is 6. The molecule has 0 fully saturated rings. The van der Waals surface area contributed by atoms with Crippen molar-refractivity contribution in [3.63, 3.8) is 0 Å². The first-order valence-electron chi connectivity index (χ1n) is 5.37. The number of rotatable bonds is 6. The summed E-state index contributed by atoms with van der Waals surface area (Å²) in [5, 5.41) is 0. The van der Waals surface area contributed by atoms with E-state index in [1.54, 1.807) is 13.8 Å². The van der Waals surface area contributed by atoms with Crippen molar-refractivity contribution in [2.24, 2.45) is 5.84 Å². The van der Waals surface area contributed by atoms with E-state index in [1.165, 1.54) is 19.4 Å². The maximum Gasteiger partial charge on any atom is 0.244 e. The summed E-state index contributed by atoms with van der Waals surface area (Å²) in [5.41, 5.74) is 1.52. The van der Waals surface area contributed by atoms with Crippen LogP contribution >= 0.6 is 15.9 Å². The molecule has 0 amide bonds. The number of nitrogen functional groups attached to an aromatic ring is 1. The third kappa shape index (κ3) is 4.39. The predicted molar refractivity (Wildman–Crippen MR) is 76.0 cm³/mol. The fourth-order valence-electron chi connectivity index (χ4n) is 1.54. The van der Waals surface area contributed by atoms with Gasteiger partial charge in [0.15, 0.2) is 5.82 Å². The van der Waals surface area contributed by atoms with Gasteiger partial charge in [-0.1, -0.05) is 0 Å². The van der Waals surface area contributed by atoms with Crippen LogP contribution in [-0.4, -0.2) is 32.7 Å². The van der Waals surface area contributed by atoms with Crippen LogP contribution in [0.4, 0.5) is 5.82 Å². The lowest BCUT2D eigenvalue weighted by Crippen LogP contribution is -2.46. The van der Waals surface area contributed by atoms with E-state index in [4.69, 9.17) is 10.6 Å². The van der Waals surface area contributed by atoms with Gasteiger partial charge in [0.2, 0.25) is 10.0 Å². The molecule has 0 saturated heterocycles. The SMILES string of the molecule is COCC(C)(C)NS(=O)(=O)c1cc(Br)cnc1NN. The normalized spacial score (nSPS) is 12.5. The number of ether oxygens (including phenoxy) is 1. The number of nitrogens with two attached hydrogens (primary N) is 1. The van der Waals surface area contributed by atoms with Gasteiger partial charge in [0, 0.05) is 17.8 Å². The number of hydrazine groups is 1. The highest BCUT2D eigenvalue weighted by molar-refractivity contribution is 9.10. The molecule has 0 aliphatic heterocycles. The van der Waals surface area contributed by atoms with Crippen LogP contribution in [0.2, 0.25) is 0 Å². The Bertz CT molecular complexity index is 548. The fraction of sp³-hybridized carbons (Fsp3) is 0.500. The van der Waals surface area contributed by atoms with Gasteiger partial charge in [-0.25, -0.2) is 24.0 Å². The summed E-state index contributed by atoms with van der Waals surface area (Å²) in [6.45, 7) is 3.67. The second-order valence-corrected chi connectivity index (χ2v) is 7.13. The molecule has 19 heavy (non-hydrogen) atoms. The van der Waals surface area contributed by atoms with Crippen LogP contribution in [0.5, 0.6) is 0 Å². The van der Waals surface area contributed by atoms with Gasteiger partial charge in [-0.15, -0.1) is 0 Å². The lowest BCUT2D eigenvalue weighted by molar-refractivity contribution is 0.141. The molecular formula is C10H17BrN4O3S. The molecule has 0 aliphatic rings. The summed E-state index contributed by atoms with van der Waals surface area (Å²) in [6, 6.07) is 1.42. The number of hydrogen-bond donors (Lipinski definition) is 3. The predicted octanol–water partition coefficient (Wildman–Crippen LogP) is 0.833. The number of nitrogens with one attached hydrogen (secondary N) is 2. The second kappa shape index (κ2) is 6.14. The molecule has 0 saturated carbocycles. The summed E-state index contributed by atoms with van der Waals surface area (Å²) >= 11 is 3.18. The zero-order valence-electron chi connectivity index (χ0n) is 10.9. The maximum atomic E-state index is 12.3. The van der Waals surface area contributed by atoms with Gasteiger partial charge >= 0.3 is 0 Å². The number of methoxy groups -OCH3 is 1. The highest BCUT2D eigenvalue weighted by Crippen LogP contribution is 2.23. The molecule has 1 aromatic heterocycles. The van der Waals surface area contributed by atoms with Crippen molar-refractivity contribution in [1.82, 2.24) is 9.71 Å². The van der Waals surface area contributed by atoms with Crippen LogP contribution in [0.3, 0.4) is 0 Å². The lowest BCUT2D eigenvalue weighted by atomic mass is 10.1. The van der Waals surface area contributed by atoms with Gasteiger partial charge in [0.25, 0.3) is 0 Å². The van der Waals surface area contributed by atoms with E-state index in [9.17, 15) is 8.42 Å². The van der Waals surface area contributed by atoms with Gasteiger partial charge in [-0.3, -0.25) is 0 Å². The minimum Gasteiger partial charge on any atom is -0.383 e. The van der Waals surface area contributed by atoms with Crippen molar-refractivity contribution in [2.45, 2.75) is 24.3 Å². The maximum absolute atomic E-state index is 12.3. The van der Waals surface area contributed by atoms with E-state index in [2.05, 4.69) is 31.1 Å². The van der Waals surface area contributed by atoms with Gasteiger partial charge < -0.3 is 10.2 Å². The molecule has 0 unspecified atom stereocenters. The van der Waals surface area contributed by atoms with E-state index in [-0.39, 0.29) is 17.3 Å². The quantitative estimate of drug-likeness (QED) is 0.517. The van der Waals surface area contributed by atoms with Crippen LogP contribution in [0, 0.1) is 0 Å². The van der Waals surface area contributed by atoms with E-state index in [1.807, 2.05) is 0 Å². The monoisotopic (exact) mass is 352 g/mol. The Morgan fingerprint density at radius 1 is 1.53 bits per heavy atom. The zero-order chi connectivity index (χ0) is 14.7. The van der Waals surface area contributed by atoms with Crippen molar-refractivity contribution in [3.8, 4) is 0 Å². The molecule has 0 bridgehead atoms. The highest BCUT2D eigenvalue weighted by atomic mass is 79.9. The van der Waals surface area contributed by atoms with E-state index < -0.39 is 15.6 Å². The minimum atomic E-state index is -3.77. The van der Waals surface area contributed by atoms with E-state index >= 15 is 0 Å². The first kappa shape index (κ1) is 16.3. The molecule has 0 atom stereocenters. The van der Waals surface area contributed by atoms with Crippen molar-refractivity contribution < 1.29 is 13.2 Å². The summed E-state index contributed by atoms with van der Waals surface area (Å²) < 4.78 is 32.7. The summed E-state index contributed by atoms with van der Waals surface area (Å²) in [7, 11) is -2.27. The molecule has 7 nitrogen and oxygen atoms in total. The van der Waals surface area contributed by atoms with Crippen LogP contribution in [0.25, 0.3) is 0 Å². The standard InChI is InChI=1S/C10H17BrN4O3S/c1-10(2,6-18-3)15-19(16,17)8-4-7(11)5-13-9(8)14-12/h4-5,15H,6,12H2,1-3H3,(H,13,14). The third-order valence-electron chi connectivity index (χ3n) is 2.16. The Hall–Kier alpha value is -0.740. The molecule has 4 N–H and O–H groups in total. The van der Waals surface area contributed by atoms with Crippen LogP contribution in [0.15, 0.2) is 21.6 Å². The molecular weight excluding hydrogens is 336 g/mol.